The Morgan fingerprint density at radius 3 is 2.36 bits per heavy atom. The molecule has 1 heterocycles. The second-order valence-corrected chi connectivity index (χ2v) is 9.28. The van der Waals surface area contributed by atoms with Crippen LogP contribution in [-0.2, 0) is 12.0 Å². The van der Waals surface area contributed by atoms with Crippen molar-refractivity contribution in [2.24, 2.45) is 0 Å². The predicted octanol–water partition coefficient (Wildman–Crippen LogP) is 7.66. The molecule has 3 aromatic rings. The fourth-order valence-electron chi connectivity index (χ4n) is 3.14. The smallest absolute Gasteiger partial charge is 0.138 e. The molecule has 0 aliphatic carbocycles. The van der Waals surface area contributed by atoms with Crippen molar-refractivity contribution in [2.45, 2.75) is 46.6 Å². The maximum atomic E-state index is 6.62. The van der Waals surface area contributed by atoms with Crippen LogP contribution in [0.15, 0.2) is 53.0 Å². The van der Waals surface area contributed by atoms with Gasteiger partial charge in [-0.25, -0.2) is 0 Å². The lowest BCUT2D eigenvalue weighted by Gasteiger charge is -2.22. The lowest BCUT2D eigenvalue weighted by molar-refractivity contribution is 0.304. The zero-order chi connectivity index (χ0) is 20.5. The Morgan fingerprint density at radius 1 is 1.04 bits per heavy atom. The highest BCUT2D eigenvalue weighted by atomic mass is 79.9. The largest absolute Gasteiger partial charge is 0.488 e. The molecule has 0 fully saturated rings. The van der Waals surface area contributed by atoms with Crippen molar-refractivity contribution in [1.82, 2.24) is 4.98 Å². The zero-order valence-electron chi connectivity index (χ0n) is 16.9. The molecule has 0 N–H and O–H groups in total. The van der Waals surface area contributed by atoms with Crippen molar-refractivity contribution in [2.75, 3.05) is 0 Å². The summed E-state index contributed by atoms with van der Waals surface area (Å²) in [4.78, 5) is 4.77. The molecule has 0 aliphatic heterocycles. The van der Waals surface area contributed by atoms with Crippen LogP contribution in [0.25, 0.3) is 11.3 Å². The minimum Gasteiger partial charge on any atom is -0.488 e. The Labute approximate surface area is 181 Å². The van der Waals surface area contributed by atoms with Crippen LogP contribution in [0.4, 0.5) is 0 Å². The number of aryl methyl sites for hydroxylation is 2. The van der Waals surface area contributed by atoms with Gasteiger partial charge in [0.05, 0.1) is 15.9 Å². The predicted molar refractivity (Wildman–Crippen MR) is 121 cm³/mol. The van der Waals surface area contributed by atoms with Crippen LogP contribution in [0, 0.1) is 13.8 Å². The van der Waals surface area contributed by atoms with Gasteiger partial charge in [-0.3, -0.25) is 4.98 Å². The number of halogens is 2. The van der Waals surface area contributed by atoms with Gasteiger partial charge in [0.1, 0.15) is 12.4 Å². The van der Waals surface area contributed by atoms with Crippen molar-refractivity contribution in [3.63, 3.8) is 0 Å². The number of nitrogens with zero attached hydrogens (tertiary/aromatic N) is 1. The van der Waals surface area contributed by atoms with Gasteiger partial charge in [0.2, 0.25) is 0 Å². The average molecular weight is 459 g/mol. The summed E-state index contributed by atoms with van der Waals surface area (Å²) in [5.74, 6) is 0.779. The van der Waals surface area contributed by atoms with Crippen LogP contribution < -0.4 is 4.74 Å². The van der Waals surface area contributed by atoms with Gasteiger partial charge in [0.15, 0.2) is 0 Å². The Hall–Kier alpha value is -1.84. The van der Waals surface area contributed by atoms with Crippen LogP contribution in [0.5, 0.6) is 5.75 Å². The molecule has 0 unspecified atom stereocenters. The van der Waals surface area contributed by atoms with Crippen LogP contribution >= 0.6 is 27.5 Å². The standard InChI is InChI=1S/C24H25BrClNO/c1-15-11-19(24(3,4)5)20(26)12-18(15)21-13-22(23(25)16(2)27-21)28-14-17-9-7-6-8-10-17/h6-13H,14H2,1-5H3. The first-order chi connectivity index (χ1) is 13.2. The summed E-state index contributed by atoms with van der Waals surface area (Å²) in [5, 5.41) is 0.766. The SMILES string of the molecule is Cc1cc(C(C)(C)C)c(Cl)cc1-c1cc(OCc2ccccc2)c(Br)c(C)n1. The van der Waals surface area contributed by atoms with Crippen LogP contribution in [0.3, 0.4) is 0 Å². The summed E-state index contributed by atoms with van der Waals surface area (Å²) in [7, 11) is 0. The van der Waals surface area contributed by atoms with E-state index in [-0.39, 0.29) is 5.41 Å². The molecule has 0 bridgehead atoms. The van der Waals surface area contributed by atoms with Crippen molar-refractivity contribution in [3.05, 3.63) is 80.4 Å². The van der Waals surface area contributed by atoms with Gasteiger partial charge in [-0.15, -0.1) is 0 Å². The summed E-state index contributed by atoms with van der Waals surface area (Å²) in [6, 6.07) is 16.3. The summed E-state index contributed by atoms with van der Waals surface area (Å²) >= 11 is 10.2. The molecular weight excluding hydrogens is 434 g/mol. The van der Waals surface area contributed by atoms with Gasteiger partial charge >= 0.3 is 0 Å². The minimum absolute atomic E-state index is 0.00656. The fourth-order valence-corrected chi connectivity index (χ4v) is 3.90. The molecule has 0 atom stereocenters. The summed E-state index contributed by atoms with van der Waals surface area (Å²) in [6.07, 6.45) is 0. The highest BCUT2D eigenvalue weighted by Gasteiger charge is 2.20. The van der Waals surface area contributed by atoms with E-state index in [1.807, 2.05) is 37.3 Å². The first-order valence-electron chi connectivity index (χ1n) is 9.31. The van der Waals surface area contributed by atoms with Crippen molar-refractivity contribution < 1.29 is 4.74 Å². The fraction of sp³-hybridized carbons (Fsp3) is 0.292. The molecule has 0 saturated heterocycles. The molecule has 3 rings (SSSR count). The van der Waals surface area contributed by atoms with E-state index in [9.17, 15) is 0 Å². The van der Waals surface area contributed by atoms with Crippen LogP contribution in [-0.4, -0.2) is 4.98 Å². The highest BCUT2D eigenvalue weighted by Crippen LogP contribution is 2.38. The summed E-state index contributed by atoms with van der Waals surface area (Å²) in [5.41, 5.74) is 6.19. The van der Waals surface area contributed by atoms with Crippen molar-refractivity contribution in [1.29, 1.82) is 0 Å². The normalized spacial score (nSPS) is 11.5. The molecule has 1 aromatic heterocycles. The second kappa shape index (κ2) is 8.26. The van der Waals surface area contributed by atoms with E-state index < -0.39 is 0 Å². The Morgan fingerprint density at radius 2 is 1.71 bits per heavy atom. The molecule has 0 aliphatic rings. The summed E-state index contributed by atoms with van der Waals surface area (Å²) in [6.45, 7) is 11.1. The number of benzene rings is 2. The molecule has 4 heteroatoms. The number of ether oxygens (including phenoxy) is 1. The first-order valence-corrected chi connectivity index (χ1v) is 10.5. The second-order valence-electron chi connectivity index (χ2n) is 8.08. The number of aromatic nitrogens is 1. The van der Waals surface area contributed by atoms with Gasteiger partial charge in [0, 0.05) is 16.7 Å². The molecule has 28 heavy (non-hydrogen) atoms. The van der Waals surface area contributed by atoms with Crippen LogP contribution in [0.2, 0.25) is 5.02 Å². The highest BCUT2D eigenvalue weighted by molar-refractivity contribution is 9.10. The summed E-state index contributed by atoms with van der Waals surface area (Å²) < 4.78 is 6.97. The number of hydrogen-bond acceptors (Lipinski definition) is 2. The number of pyridine rings is 1. The zero-order valence-corrected chi connectivity index (χ0v) is 19.3. The molecule has 0 saturated carbocycles. The Bertz CT molecular complexity index is 994. The minimum atomic E-state index is -0.00656. The van der Waals surface area contributed by atoms with Gasteiger partial charge in [0.25, 0.3) is 0 Å². The van der Waals surface area contributed by atoms with E-state index in [4.69, 9.17) is 21.3 Å². The quantitative estimate of drug-likeness (QED) is 0.400. The topological polar surface area (TPSA) is 22.1 Å². The van der Waals surface area contributed by atoms with Crippen molar-refractivity contribution >= 4 is 27.5 Å². The van der Waals surface area contributed by atoms with E-state index in [1.54, 1.807) is 0 Å². The van der Waals surface area contributed by atoms with Gasteiger partial charge < -0.3 is 4.74 Å². The van der Waals surface area contributed by atoms with E-state index in [0.29, 0.717) is 6.61 Å². The van der Waals surface area contributed by atoms with E-state index in [0.717, 1.165) is 48.9 Å². The molecule has 2 nitrogen and oxygen atoms in total. The third-order valence-electron chi connectivity index (χ3n) is 4.73. The lowest BCUT2D eigenvalue weighted by Crippen LogP contribution is -2.12. The van der Waals surface area contributed by atoms with Gasteiger partial charge in [-0.1, -0.05) is 68.8 Å². The number of rotatable bonds is 4. The Balaban J connectivity index is 1.99. The molecular formula is C24H25BrClNO. The van der Waals surface area contributed by atoms with E-state index >= 15 is 0 Å². The maximum Gasteiger partial charge on any atom is 0.138 e. The maximum absolute atomic E-state index is 6.62. The third-order valence-corrected chi connectivity index (χ3v) is 6.00. The molecule has 0 spiro atoms. The van der Waals surface area contributed by atoms with Gasteiger partial charge in [-0.2, -0.15) is 0 Å². The van der Waals surface area contributed by atoms with Crippen molar-refractivity contribution in [3.8, 4) is 17.0 Å². The first kappa shape index (κ1) is 20.9. The van der Waals surface area contributed by atoms with Crippen LogP contribution in [0.1, 0.15) is 43.2 Å². The third kappa shape index (κ3) is 4.59. The lowest BCUT2D eigenvalue weighted by atomic mass is 9.85. The monoisotopic (exact) mass is 457 g/mol. The molecule has 2 aromatic carbocycles. The van der Waals surface area contributed by atoms with E-state index in [2.05, 4.69) is 61.8 Å². The van der Waals surface area contributed by atoms with E-state index in [1.165, 1.54) is 0 Å². The molecule has 146 valence electrons. The molecule has 0 amide bonds. The molecule has 0 radical (unpaired) electrons. The average Bonchev–Trinajstić information content (AvgIpc) is 2.64. The van der Waals surface area contributed by atoms with Gasteiger partial charge in [-0.05, 0) is 57.9 Å². The Kier molecular flexibility index (Phi) is 6.16. The number of hydrogen-bond donors (Lipinski definition) is 0.